The molecule has 2 aromatic heterocycles. The zero-order valence-corrected chi connectivity index (χ0v) is 19.0. The van der Waals surface area contributed by atoms with Crippen molar-refractivity contribution in [3.63, 3.8) is 0 Å². The number of thiophene rings is 1. The first-order valence-corrected chi connectivity index (χ1v) is 11.2. The molecule has 1 saturated heterocycles. The molecule has 1 aliphatic heterocycles. The molecule has 1 N–H and O–H groups in total. The number of anilines is 2. The Morgan fingerprint density at radius 2 is 2.03 bits per heavy atom. The fourth-order valence-corrected chi connectivity index (χ4v) is 5.27. The highest BCUT2D eigenvalue weighted by Gasteiger charge is 2.26. The maximum absolute atomic E-state index is 13.2. The number of nitrogens with one attached hydrogen (secondary N) is 1. The number of hydrogen-bond donors (Lipinski definition) is 1. The van der Waals surface area contributed by atoms with E-state index in [0.717, 1.165) is 46.0 Å². The summed E-state index contributed by atoms with van der Waals surface area (Å²) in [4.78, 5) is 26.6. The number of hydrogen-bond acceptors (Lipinski definition) is 6. The van der Waals surface area contributed by atoms with Crippen molar-refractivity contribution in [3.05, 3.63) is 40.0 Å². The summed E-state index contributed by atoms with van der Waals surface area (Å²) in [5.74, 6) is 2.20. The predicted molar refractivity (Wildman–Crippen MR) is 123 cm³/mol. The lowest BCUT2D eigenvalue weighted by atomic mass is 10.0. The normalized spacial score (nSPS) is 16.7. The molecule has 1 atom stereocenters. The van der Waals surface area contributed by atoms with Crippen molar-refractivity contribution in [2.24, 2.45) is 0 Å². The Morgan fingerprint density at radius 1 is 1.23 bits per heavy atom. The molecule has 3 heterocycles. The molecular formula is C23H28N4O2S. The number of methoxy groups -OCH3 is 1. The second kappa shape index (κ2) is 8.22. The Morgan fingerprint density at radius 3 is 2.77 bits per heavy atom. The summed E-state index contributed by atoms with van der Waals surface area (Å²) in [6, 6.07) is 6.19. The van der Waals surface area contributed by atoms with Crippen molar-refractivity contribution in [3.8, 4) is 5.75 Å². The summed E-state index contributed by atoms with van der Waals surface area (Å²) in [5.41, 5.74) is 2.67. The summed E-state index contributed by atoms with van der Waals surface area (Å²) in [7, 11) is 1.61. The number of amides is 1. The Balaban J connectivity index is 1.76. The molecule has 30 heavy (non-hydrogen) atoms. The van der Waals surface area contributed by atoms with Crippen molar-refractivity contribution >= 4 is 39.0 Å². The third kappa shape index (κ3) is 3.74. The largest absolute Gasteiger partial charge is 0.495 e. The fourth-order valence-electron chi connectivity index (χ4n) is 4.16. The van der Waals surface area contributed by atoms with Crippen LogP contribution >= 0.6 is 11.3 Å². The molecule has 1 amide bonds. The van der Waals surface area contributed by atoms with Gasteiger partial charge in [0, 0.05) is 12.6 Å². The number of benzene rings is 1. The molecule has 1 fully saturated rings. The molecule has 6 nitrogen and oxygen atoms in total. The number of carbonyl (C=O) groups is 1. The number of fused-ring (bicyclic) bond motifs is 1. The lowest BCUT2D eigenvalue weighted by Crippen LogP contribution is -2.38. The third-order valence-electron chi connectivity index (χ3n) is 5.77. The average molecular weight is 425 g/mol. The number of piperidine rings is 1. The summed E-state index contributed by atoms with van der Waals surface area (Å²) >= 11 is 1.43. The zero-order valence-electron chi connectivity index (χ0n) is 18.2. The van der Waals surface area contributed by atoms with Gasteiger partial charge in [-0.3, -0.25) is 4.79 Å². The van der Waals surface area contributed by atoms with Gasteiger partial charge < -0.3 is 15.0 Å². The van der Waals surface area contributed by atoms with Crippen LogP contribution in [-0.4, -0.2) is 35.6 Å². The molecule has 0 spiro atoms. The summed E-state index contributed by atoms with van der Waals surface area (Å²) < 4.78 is 5.41. The van der Waals surface area contributed by atoms with Gasteiger partial charge in [-0.15, -0.1) is 11.3 Å². The summed E-state index contributed by atoms with van der Waals surface area (Å²) in [5, 5.41) is 4.03. The standard InChI is InChI=1S/C23H28N4O2S/c1-13-9-10-18(29-5)17(12-13)26-22(28)20-15(3)19-21(24-16(4)25-23(19)30-20)27-11-7-6-8-14(27)2/h9-10,12,14H,6-8,11H2,1-5H3,(H,26,28)/t14-/m1/s1. The average Bonchev–Trinajstić information content (AvgIpc) is 3.04. The quantitative estimate of drug-likeness (QED) is 0.619. The van der Waals surface area contributed by atoms with E-state index in [1.807, 2.05) is 39.0 Å². The molecule has 0 bridgehead atoms. The second-order valence-electron chi connectivity index (χ2n) is 8.03. The van der Waals surface area contributed by atoms with E-state index in [4.69, 9.17) is 9.72 Å². The molecule has 0 unspecified atom stereocenters. The number of nitrogens with zero attached hydrogens (tertiary/aromatic N) is 3. The molecule has 7 heteroatoms. The van der Waals surface area contributed by atoms with Crippen LogP contribution in [0.5, 0.6) is 5.75 Å². The van der Waals surface area contributed by atoms with Gasteiger partial charge >= 0.3 is 0 Å². The SMILES string of the molecule is COc1ccc(C)cc1NC(=O)c1sc2nc(C)nc(N3CCCC[C@H]3C)c2c1C. The monoisotopic (exact) mass is 424 g/mol. The second-order valence-corrected chi connectivity index (χ2v) is 9.03. The molecule has 1 aromatic carbocycles. The van der Waals surface area contributed by atoms with Crippen LogP contribution in [0, 0.1) is 20.8 Å². The first-order valence-electron chi connectivity index (χ1n) is 10.4. The first kappa shape index (κ1) is 20.6. The fraction of sp³-hybridized carbons (Fsp3) is 0.435. The van der Waals surface area contributed by atoms with Crippen LogP contribution in [-0.2, 0) is 0 Å². The highest BCUT2D eigenvalue weighted by molar-refractivity contribution is 7.20. The van der Waals surface area contributed by atoms with Crippen molar-refractivity contribution in [2.75, 3.05) is 23.9 Å². The van der Waals surface area contributed by atoms with Gasteiger partial charge in [0.2, 0.25) is 0 Å². The number of aromatic nitrogens is 2. The lowest BCUT2D eigenvalue weighted by Gasteiger charge is -2.35. The minimum absolute atomic E-state index is 0.144. The summed E-state index contributed by atoms with van der Waals surface area (Å²) in [6.45, 7) is 9.15. The third-order valence-corrected chi connectivity index (χ3v) is 6.95. The van der Waals surface area contributed by atoms with Crippen molar-refractivity contribution < 1.29 is 9.53 Å². The number of ether oxygens (including phenoxy) is 1. The zero-order chi connectivity index (χ0) is 21.4. The van der Waals surface area contributed by atoms with Gasteiger partial charge in [-0.05, 0) is 70.2 Å². The van der Waals surface area contributed by atoms with E-state index in [9.17, 15) is 4.79 Å². The van der Waals surface area contributed by atoms with Crippen molar-refractivity contribution in [2.45, 2.75) is 53.0 Å². The first-order chi connectivity index (χ1) is 14.4. The topological polar surface area (TPSA) is 67.3 Å². The van der Waals surface area contributed by atoms with Gasteiger partial charge in [-0.1, -0.05) is 6.07 Å². The van der Waals surface area contributed by atoms with Gasteiger partial charge in [0.25, 0.3) is 5.91 Å². The van der Waals surface area contributed by atoms with Gasteiger partial charge in [-0.2, -0.15) is 0 Å². The molecule has 3 aromatic rings. The Labute approximate surface area is 181 Å². The van der Waals surface area contributed by atoms with Crippen LogP contribution in [0.15, 0.2) is 18.2 Å². The van der Waals surface area contributed by atoms with Crippen LogP contribution in [0.2, 0.25) is 0 Å². The van der Waals surface area contributed by atoms with E-state index >= 15 is 0 Å². The van der Waals surface area contributed by atoms with Crippen LogP contribution in [0.25, 0.3) is 10.2 Å². The van der Waals surface area contributed by atoms with Crippen LogP contribution in [0.3, 0.4) is 0 Å². The van der Waals surface area contributed by atoms with E-state index in [1.54, 1.807) is 7.11 Å². The van der Waals surface area contributed by atoms with E-state index in [-0.39, 0.29) is 5.91 Å². The smallest absolute Gasteiger partial charge is 0.266 e. The van der Waals surface area contributed by atoms with Crippen LogP contribution < -0.4 is 15.0 Å². The maximum Gasteiger partial charge on any atom is 0.266 e. The van der Waals surface area contributed by atoms with Crippen LogP contribution in [0.4, 0.5) is 11.5 Å². The van der Waals surface area contributed by atoms with Gasteiger partial charge in [0.05, 0.1) is 23.1 Å². The molecule has 4 rings (SSSR count). The molecule has 0 radical (unpaired) electrons. The molecule has 0 saturated carbocycles. The highest BCUT2D eigenvalue weighted by atomic mass is 32.1. The number of aryl methyl sites for hydroxylation is 3. The number of rotatable bonds is 4. The molecule has 0 aliphatic carbocycles. The van der Waals surface area contributed by atoms with E-state index < -0.39 is 0 Å². The van der Waals surface area contributed by atoms with E-state index in [2.05, 4.69) is 22.1 Å². The van der Waals surface area contributed by atoms with E-state index in [1.165, 1.54) is 24.2 Å². The van der Waals surface area contributed by atoms with Gasteiger partial charge in [0.15, 0.2) is 0 Å². The summed E-state index contributed by atoms with van der Waals surface area (Å²) in [6.07, 6.45) is 3.58. The highest BCUT2D eigenvalue weighted by Crippen LogP contribution is 2.38. The van der Waals surface area contributed by atoms with Crippen molar-refractivity contribution in [1.82, 2.24) is 9.97 Å². The minimum Gasteiger partial charge on any atom is -0.495 e. The Bertz CT molecular complexity index is 1110. The predicted octanol–water partition coefficient (Wildman–Crippen LogP) is 5.26. The Hall–Kier alpha value is -2.67. The van der Waals surface area contributed by atoms with Crippen molar-refractivity contribution in [1.29, 1.82) is 0 Å². The molecular weight excluding hydrogens is 396 g/mol. The van der Waals surface area contributed by atoms with Crippen LogP contribution in [0.1, 0.15) is 52.8 Å². The Kier molecular flexibility index (Phi) is 5.64. The minimum atomic E-state index is -0.144. The lowest BCUT2D eigenvalue weighted by molar-refractivity contribution is 0.102. The maximum atomic E-state index is 13.2. The van der Waals surface area contributed by atoms with Gasteiger partial charge in [0.1, 0.15) is 22.2 Å². The number of carbonyl (C=O) groups excluding carboxylic acids is 1. The molecule has 1 aliphatic rings. The van der Waals surface area contributed by atoms with E-state index in [0.29, 0.717) is 22.4 Å². The van der Waals surface area contributed by atoms with Gasteiger partial charge in [-0.25, -0.2) is 9.97 Å². The molecule has 158 valence electrons.